The largest absolute Gasteiger partial charge is 0.478 e. The molecule has 0 atom stereocenters. The Labute approximate surface area is 193 Å². The third kappa shape index (κ3) is 4.33. The molecule has 0 unspecified atom stereocenters. The Morgan fingerprint density at radius 1 is 1.09 bits per heavy atom. The molecule has 0 aliphatic carbocycles. The summed E-state index contributed by atoms with van der Waals surface area (Å²) in [6.45, 7) is 3.89. The van der Waals surface area contributed by atoms with Gasteiger partial charge < -0.3 is 16.2 Å². The van der Waals surface area contributed by atoms with Crippen LogP contribution < -0.4 is 11.1 Å². The fraction of sp³-hybridized carbons (Fsp3) is 0.125. The van der Waals surface area contributed by atoms with Gasteiger partial charge in [-0.2, -0.15) is 5.10 Å². The predicted octanol–water partition coefficient (Wildman–Crippen LogP) is 3.28. The molecule has 2 aromatic carbocycles. The van der Waals surface area contributed by atoms with Crippen molar-refractivity contribution >= 4 is 34.4 Å². The lowest BCUT2D eigenvalue weighted by Gasteiger charge is -2.10. The number of nitrogens with two attached hydrogens (primary N) is 1. The number of aryl methyl sites for hydroxylation is 1. The van der Waals surface area contributed by atoms with Crippen molar-refractivity contribution in [2.24, 2.45) is 5.73 Å². The van der Waals surface area contributed by atoms with Crippen LogP contribution in [-0.4, -0.2) is 37.7 Å². The first-order valence-corrected chi connectivity index (χ1v) is 10.2. The molecule has 2 heterocycles. The van der Waals surface area contributed by atoms with E-state index in [1.165, 1.54) is 30.3 Å². The van der Waals surface area contributed by atoms with Gasteiger partial charge in [0.2, 0.25) is 0 Å². The van der Waals surface area contributed by atoms with Crippen molar-refractivity contribution in [2.45, 2.75) is 20.4 Å². The van der Waals surface area contributed by atoms with E-state index < -0.39 is 23.6 Å². The number of amides is 2. The average Bonchev–Trinajstić information content (AvgIpc) is 3.05. The van der Waals surface area contributed by atoms with Crippen LogP contribution in [0, 0.1) is 19.7 Å². The minimum Gasteiger partial charge on any atom is -0.478 e. The maximum Gasteiger partial charge on any atom is 0.335 e. The van der Waals surface area contributed by atoms with Gasteiger partial charge in [0.15, 0.2) is 0 Å². The fourth-order valence-electron chi connectivity index (χ4n) is 3.65. The van der Waals surface area contributed by atoms with Crippen molar-refractivity contribution in [3.63, 3.8) is 0 Å². The van der Waals surface area contributed by atoms with E-state index in [1.807, 2.05) is 0 Å². The van der Waals surface area contributed by atoms with Crippen LogP contribution in [0.15, 0.2) is 48.5 Å². The zero-order valence-electron chi connectivity index (χ0n) is 18.3. The van der Waals surface area contributed by atoms with Crippen LogP contribution >= 0.6 is 0 Å². The van der Waals surface area contributed by atoms with Crippen molar-refractivity contribution < 1.29 is 23.9 Å². The Bertz CT molecular complexity index is 1460. The van der Waals surface area contributed by atoms with Crippen LogP contribution in [0.1, 0.15) is 48.2 Å². The van der Waals surface area contributed by atoms with Crippen LogP contribution in [-0.2, 0) is 6.54 Å². The molecule has 0 spiro atoms. The normalized spacial score (nSPS) is 10.9. The zero-order valence-corrected chi connectivity index (χ0v) is 18.3. The average molecular weight is 461 g/mol. The molecule has 34 heavy (non-hydrogen) atoms. The summed E-state index contributed by atoms with van der Waals surface area (Å²) in [5.41, 5.74) is 8.18. The van der Waals surface area contributed by atoms with E-state index in [4.69, 9.17) is 10.8 Å². The maximum absolute atomic E-state index is 13.7. The molecular formula is C24H20FN5O4. The minimum atomic E-state index is -1.01. The molecule has 172 valence electrons. The number of rotatable bonds is 6. The molecule has 0 saturated carbocycles. The summed E-state index contributed by atoms with van der Waals surface area (Å²) in [5, 5.41) is 16.7. The first-order chi connectivity index (χ1) is 16.1. The lowest BCUT2D eigenvalue weighted by atomic mass is 10.1. The molecule has 10 heteroatoms. The molecule has 4 aromatic rings. The van der Waals surface area contributed by atoms with Gasteiger partial charge in [-0.05, 0) is 49.7 Å². The number of carbonyl (C=O) groups is 3. The van der Waals surface area contributed by atoms with Gasteiger partial charge in [-0.25, -0.2) is 14.2 Å². The number of aromatic carboxylic acids is 1. The number of hydrogen-bond donors (Lipinski definition) is 3. The molecule has 0 radical (unpaired) electrons. The number of carboxylic acid groups (broad SMARTS) is 1. The lowest BCUT2D eigenvalue weighted by Crippen LogP contribution is -2.18. The molecule has 0 saturated heterocycles. The Kier molecular flexibility index (Phi) is 5.80. The Morgan fingerprint density at radius 3 is 2.44 bits per heavy atom. The SMILES string of the molecule is Cc1nn(Cc2ccc(C(=O)O)cc2)c(C)c1NC(=O)c1cc(C(N)=O)nc2cc(F)ccc12. The van der Waals surface area contributed by atoms with Gasteiger partial charge in [0.25, 0.3) is 11.8 Å². The van der Waals surface area contributed by atoms with Gasteiger partial charge in [0.05, 0.1) is 40.3 Å². The van der Waals surface area contributed by atoms with Crippen LogP contribution in [0.25, 0.3) is 10.9 Å². The van der Waals surface area contributed by atoms with Gasteiger partial charge in [-0.3, -0.25) is 14.3 Å². The number of primary amides is 1. The van der Waals surface area contributed by atoms with E-state index in [2.05, 4.69) is 15.4 Å². The number of carboxylic acids is 1. The van der Waals surface area contributed by atoms with Crippen molar-refractivity contribution in [1.29, 1.82) is 0 Å². The van der Waals surface area contributed by atoms with E-state index in [0.717, 1.165) is 11.6 Å². The van der Waals surface area contributed by atoms with Crippen LogP contribution in [0.5, 0.6) is 0 Å². The molecule has 2 aromatic heterocycles. The summed E-state index contributed by atoms with van der Waals surface area (Å²) in [5.74, 6) is -2.93. The zero-order chi connectivity index (χ0) is 24.6. The number of aromatic nitrogens is 3. The molecule has 4 N–H and O–H groups in total. The quantitative estimate of drug-likeness (QED) is 0.403. The number of halogens is 1. The molecule has 0 fully saturated rings. The molecular weight excluding hydrogens is 441 g/mol. The van der Waals surface area contributed by atoms with Gasteiger partial charge >= 0.3 is 5.97 Å². The molecule has 0 bridgehead atoms. The van der Waals surface area contributed by atoms with E-state index in [-0.39, 0.29) is 22.3 Å². The van der Waals surface area contributed by atoms with E-state index in [0.29, 0.717) is 29.0 Å². The smallest absolute Gasteiger partial charge is 0.335 e. The van der Waals surface area contributed by atoms with Gasteiger partial charge in [0, 0.05) is 11.5 Å². The summed E-state index contributed by atoms with van der Waals surface area (Å²) in [6, 6.07) is 11.5. The maximum atomic E-state index is 13.7. The Balaban J connectivity index is 1.65. The van der Waals surface area contributed by atoms with Gasteiger partial charge in [-0.15, -0.1) is 0 Å². The highest BCUT2D eigenvalue weighted by molar-refractivity contribution is 6.14. The lowest BCUT2D eigenvalue weighted by molar-refractivity contribution is 0.0696. The minimum absolute atomic E-state index is 0.120. The van der Waals surface area contributed by atoms with E-state index in [1.54, 1.807) is 30.7 Å². The highest BCUT2D eigenvalue weighted by Crippen LogP contribution is 2.25. The van der Waals surface area contributed by atoms with Crippen LogP contribution in [0.3, 0.4) is 0 Å². The summed E-state index contributed by atoms with van der Waals surface area (Å²) in [6.07, 6.45) is 0. The van der Waals surface area contributed by atoms with Crippen molar-refractivity contribution in [1.82, 2.24) is 14.8 Å². The predicted molar refractivity (Wildman–Crippen MR) is 122 cm³/mol. The third-order valence-corrected chi connectivity index (χ3v) is 5.42. The monoisotopic (exact) mass is 461 g/mol. The summed E-state index contributed by atoms with van der Waals surface area (Å²) in [4.78, 5) is 40.0. The number of fused-ring (bicyclic) bond motifs is 1. The second-order valence-electron chi connectivity index (χ2n) is 7.74. The van der Waals surface area contributed by atoms with E-state index >= 15 is 0 Å². The Hall–Kier alpha value is -4.60. The topological polar surface area (TPSA) is 140 Å². The van der Waals surface area contributed by atoms with Gasteiger partial charge in [0.1, 0.15) is 11.5 Å². The van der Waals surface area contributed by atoms with Crippen molar-refractivity contribution in [3.8, 4) is 0 Å². The highest BCUT2D eigenvalue weighted by Gasteiger charge is 2.20. The standard InChI is InChI=1S/C24H20FN5O4/c1-12-21(13(2)30(29-12)11-14-3-5-15(6-4-14)24(33)34)28-23(32)18-10-20(22(26)31)27-19-9-16(25)7-8-17(18)19/h3-10H,11H2,1-2H3,(H2,26,31)(H,28,32)(H,33,34). The highest BCUT2D eigenvalue weighted by atomic mass is 19.1. The van der Waals surface area contributed by atoms with Crippen molar-refractivity contribution in [3.05, 3.63) is 88.1 Å². The Morgan fingerprint density at radius 2 is 1.79 bits per heavy atom. The number of carbonyl (C=O) groups excluding carboxylic acids is 2. The first kappa shape index (κ1) is 22.6. The number of pyridine rings is 1. The van der Waals surface area contributed by atoms with Crippen LogP contribution in [0.4, 0.5) is 10.1 Å². The number of anilines is 1. The summed E-state index contributed by atoms with van der Waals surface area (Å²) in [7, 11) is 0. The molecule has 0 aliphatic rings. The number of benzene rings is 2. The number of nitrogens with zero attached hydrogens (tertiary/aromatic N) is 3. The summed E-state index contributed by atoms with van der Waals surface area (Å²) >= 11 is 0. The molecule has 2 amide bonds. The second-order valence-corrected chi connectivity index (χ2v) is 7.74. The van der Waals surface area contributed by atoms with Crippen LogP contribution in [0.2, 0.25) is 0 Å². The van der Waals surface area contributed by atoms with Crippen molar-refractivity contribution in [2.75, 3.05) is 5.32 Å². The molecule has 0 aliphatic heterocycles. The second kappa shape index (κ2) is 8.74. The van der Waals surface area contributed by atoms with E-state index in [9.17, 15) is 18.8 Å². The number of nitrogens with one attached hydrogen (secondary N) is 1. The first-order valence-electron chi connectivity index (χ1n) is 10.2. The molecule has 4 rings (SSSR count). The fourth-order valence-corrected chi connectivity index (χ4v) is 3.65. The third-order valence-electron chi connectivity index (χ3n) is 5.42. The number of hydrogen-bond acceptors (Lipinski definition) is 5. The van der Waals surface area contributed by atoms with Gasteiger partial charge in [-0.1, -0.05) is 12.1 Å². The summed E-state index contributed by atoms with van der Waals surface area (Å²) < 4.78 is 15.4. The molecule has 9 nitrogen and oxygen atoms in total.